The Morgan fingerprint density at radius 1 is 0.941 bits per heavy atom. The molecule has 4 N–H and O–H groups in total. The maximum Gasteiger partial charge on any atom is 0.318 e. The Bertz CT molecular complexity index is 1680. The van der Waals surface area contributed by atoms with Gasteiger partial charge < -0.3 is 40.5 Å². The van der Waals surface area contributed by atoms with E-state index in [1.807, 2.05) is 74.5 Å². The fraction of sp³-hybridized carbons (Fsp3) is 0.432. The molecular weight excluding hydrogens is 689 g/mol. The van der Waals surface area contributed by atoms with E-state index in [1.165, 1.54) is 27.6 Å². The Morgan fingerprint density at radius 3 is 2.10 bits per heavy atom. The first kappa shape index (κ1) is 39.4. The maximum atomic E-state index is 13.9. The summed E-state index contributed by atoms with van der Waals surface area (Å²) in [5, 5.41) is 42.9. The molecule has 2 heterocycles. The topological polar surface area (TPSA) is 171 Å². The van der Waals surface area contributed by atoms with Crippen LogP contribution in [0.2, 0.25) is 0 Å². The van der Waals surface area contributed by atoms with Crippen LogP contribution in [0, 0.1) is 5.92 Å². The highest BCUT2D eigenvalue weighted by molar-refractivity contribution is 7.10. The molecule has 0 aliphatic carbocycles. The summed E-state index contributed by atoms with van der Waals surface area (Å²) in [6, 6.07) is 15.9. The van der Waals surface area contributed by atoms with E-state index in [0.29, 0.717) is 22.0 Å². The van der Waals surface area contributed by atoms with Crippen LogP contribution < -0.4 is 15.7 Å². The Hall–Kier alpha value is -4.37. The lowest BCUT2D eigenvalue weighted by molar-refractivity contribution is -0.270. The minimum Gasteiger partial charge on any atom is -0.530 e. The number of carboxylic acid groups (broad SMARTS) is 1. The molecule has 1 unspecified atom stereocenters. The first-order chi connectivity index (χ1) is 24.2. The van der Waals surface area contributed by atoms with Crippen LogP contribution in [0.3, 0.4) is 0 Å². The molecule has 2 aromatic heterocycles. The summed E-state index contributed by atoms with van der Waals surface area (Å²) in [5.41, 5.74) is 2.88. The molecule has 4 amide bonds. The van der Waals surface area contributed by atoms with Gasteiger partial charge in [0.25, 0.3) is 0 Å². The van der Waals surface area contributed by atoms with E-state index in [2.05, 4.69) is 20.6 Å². The maximum absolute atomic E-state index is 13.9. The van der Waals surface area contributed by atoms with Crippen molar-refractivity contribution in [2.75, 3.05) is 7.05 Å². The number of urea groups is 1. The van der Waals surface area contributed by atoms with Crippen LogP contribution in [0.1, 0.15) is 60.8 Å². The van der Waals surface area contributed by atoms with Gasteiger partial charge in [0.2, 0.25) is 5.91 Å². The number of amides is 4. The highest BCUT2D eigenvalue weighted by atomic mass is 32.1. The van der Waals surface area contributed by atoms with E-state index in [4.69, 9.17) is 0 Å². The number of carbonyl (C=O) groups excluding carboxylic acids is 3. The molecule has 0 fully saturated rings. The molecule has 4 rings (SSSR count). The van der Waals surface area contributed by atoms with E-state index in [9.17, 15) is 29.7 Å². The zero-order valence-corrected chi connectivity index (χ0v) is 31.2. The van der Waals surface area contributed by atoms with Crippen molar-refractivity contribution >= 4 is 40.7 Å². The molecule has 0 radical (unpaired) electrons. The van der Waals surface area contributed by atoms with Gasteiger partial charge in [-0.15, -0.1) is 22.7 Å². The van der Waals surface area contributed by atoms with E-state index in [0.717, 1.165) is 16.0 Å². The normalized spacial score (nSPS) is 14.0. The SMILES string of the molecule is CC(C)C(NC(=O)N(C)Cc1csc(C(C)(C)O)n1)C(=O)N[C@@H](Cc1ccccc1)C[C@H](O)[C@H](Cc1ccccc1)N(Cc1cncs1)C(=O)[O-]. The molecule has 0 spiro atoms. The third-order valence-electron chi connectivity index (χ3n) is 8.42. The van der Waals surface area contributed by atoms with E-state index >= 15 is 0 Å². The number of aliphatic hydroxyl groups excluding tert-OH is 1. The number of rotatable bonds is 17. The molecule has 12 nitrogen and oxygen atoms in total. The average Bonchev–Trinajstić information content (AvgIpc) is 3.78. The second-order valence-corrected chi connectivity index (χ2v) is 15.4. The Morgan fingerprint density at radius 2 is 1.57 bits per heavy atom. The van der Waals surface area contributed by atoms with E-state index in [-0.39, 0.29) is 31.8 Å². The quantitative estimate of drug-likeness (QED) is 0.126. The first-order valence-electron chi connectivity index (χ1n) is 16.8. The van der Waals surface area contributed by atoms with Gasteiger partial charge >= 0.3 is 6.03 Å². The molecule has 2 aromatic carbocycles. The summed E-state index contributed by atoms with van der Waals surface area (Å²) >= 11 is 2.62. The summed E-state index contributed by atoms with van der Waals surface area (Å²) < 4.78 is 0. The molecule has 0 aliphatic heterocycles. The van der Waals surface area contributed by atoms with Gasteiger partial charge in [0.15, 0.2) is 0 Å². The molecular formula is C37H47N6O6S2-. The van der Waals surface area contributed by atoms with Gasteiger partial charge in [-0.05, 0) is 50.2 Å². The number of hydrogen-bond acceptors (Lipinski definition) is 10. The van der Waals surface area contributed by atoms with Crippen molar-refractivity contribution in [1.29, 1.82) is 0 Å². The summed E-state index contributed by atoms with van der Waals surface area (Å²) in [6.45, 7) is 7.11. The number of carbonyl (C=O) groups is 3. The highest BCUT2D eigenvalue weighted by Gasteiger charge is 2.33. The number of nitrogens with one attached hydrogen (secondary N) is 2. The molecule has 4 aromatic rings. The van der Waals surface area contributed by atoms with Crippen LogP contribution in [0.4, 0.5) is 9.59 Å². The zero-order chi connectivity index (χ0) is 37.1. The lowest BCUT2D eigenvalue weighted by Gasteiger charge is -2.38. The van der Waals surface area contributed by atoms with Crippen molar-refractivity contribution in [3.63, 3.8) is 0 Å². The highest BCUT2D eigenvalue weighted by Crippen LogP contribution is 2.24. The standard InChI is InChI=1S/C37H48N6O6S2/c1-24(2)32(41-35(46)42(5)20-28-22-50-34(40-28)37(3,4)49)33(45)39-27(16-25-12-8-6-9-13-25)18-31(44)30(17-26-14-10-7-11-15-26)43(36(47)48)21-29-19-38-23-51-29/h6-15,19,22-24,27,30-32,44,49H,16-18,20-21H2,1-5H3,(H,39,45)(H,41,46)(H,47,48)/p-1/t27-,30-,31-,32?/m0/s1. The molecule has 51 heavy (non-hydrogen) atoms. The Kier molecular flexibility index (Phi) is 14.1. The summed E-state index contributed by atoms with van der Waals surface area (Å²) in [7, 11) is 1.60. The number of thiazole rings is 2. The van der Waals surface area contributed by atoms with Crippen LogP contribution in [0.15, 0.2) is 77.8 Å². The minimum absolute atomic E-state index is 0.00772. The molecule has 4 atom stereocenters. The molecule has 274 valence electrons. The fourth-order valence-corrected chi connectivity index (χ4v) is 7.13. The van der Waals surface area contributed by atoms with E-state index < -0.39 is 47.9 Å². The van der Waals surface area contributed by atoms with Gasteiger partial charge in [0.1, 0.15) is 22.7 Å². The van der Waals surface area contributed by atoms with Gasteiger partial charge in [-0.25, -0.2) is 9.78 Å². The largest absolute Gasteiger partial charge is 0.530 e. The average molecular weight is 736 g/mol. The predicted molar refractivity (Wildman–Crippen MR) is 196 cm³/mol. The van der Waals surface area contributed by atoms with Crippen LogP contribution in [-0.4, -0.2) is 79.3 Å². The zero-order valence-electron chi connectivity index (χ0n) is 29.6. The lowest BCUT2D eigenvalue weighted by Crippen LogP contribution is -2.56. The molecule has 0 bridgehead atoms. The van der Waals surface area contributed by atoms with Crippen LogP contribution in [0.5, 0.6) is 0 Å². The Balaban J connectivity index is 1.53. The van der Waals surface area contributed by atoms with Gasteiger partial charge in [0, 0.05) is 29.5 Å². The minimum atomic E-state index is -1.42. The molecule has 0 saturated carbocycles. The molecule has 0 aliphatic rings. The Labute approximate surface area is 307 Å². The van der Waals surface area contributed by atoms with Gasteiger partial charge in [-0.2, -0.15) is 0 Å². The first-order valence-corrected chi connectivity index (χ1v) is 18.6. The van der Waals surface area contributed by atoms with Crippen molar-refractivity contribution in [3.05, 3.63) is 104 Å². The second kappa shape index (κ2) is 18.2. The second-order valence-electron chi connectivity index (χ2n) is 13.5. The predicted octanol–water partition coefficient (Wildman–Crippen LogP) is 3.93. The number of benzene rings is 2. The fourth-order valence-electron chi connectivity index (χ4n) is 5.70. The van der Waals surface area contributed by atoms with Crippen molar-refractivity contribution in [2.45, 2.75) is 89.9 Å². The van der Waals surface area contributed by atoms with Crippen molar-refractivity contribution in [1.82, 2.24) is 30.4 Å². The van der Waals surface area contributed by atoms with Gasteiger partial charge in [-0.3, -0.25) is 9.78 Å². The third kappa shape index (κ3) is 11.8. The molecule has 14 heteroatoms. The van der Waals surface area contributed by atoms with Gasteiger partial charge in [-0.1, -0.05) is 74.5 Å². The lowest BCUT2D eigenvalue weighted by atomic mass is 9.92. The van der Waals surface area contributed by atoms with Crippen LogP contribution in [0.25, 0.3) is 0 Å². The number of aromatic nitrogens is 2. The van der Waals surface area contributed by atoms with Crippen molar-refractivity contribution in [2.24, 2.45) is 5.92 Å². The number of aliphatic hydroxyl groups is 2. The summed E-state index contributed by atoms with van der Waals surface area (Å²) in [6.07, 6.45) is -0.437. The smallest absolute Gasteiger partial charge is 0.318 e. The van der Waals surface area contributed by atoms with Gasteiger partial charge in [0.05, 0.1) is 36.4 Å². The molecule has 0 saturated heterocycles. The van der Waals surface area contributed by atoms with Crippen molar-refractivity contribution in [3.8, 4) is 0 Å². The summed E-state index contributed by atoms with van der Waals surface area (Å²) in [4.78, 5) is 51.6. The third-order valence-corrected chi connectivity index (χ3v) is 10.4. The van der Waals surface area contributed by atoms with E-state index in [1.54, 1.807) is 38.0 Å². The van der Waals surface area contributed by atoms with Crippen molar-refractivity contribution < 1.29 is 29.7 Å². The number of hydrogen-bond donors (Lipinski definition) is 4. The van der Waals surface area contributed by atoms with Crippen LogP contribution in [-0.2, 0) is 36.3 Å². The summed E-state index contributed by atoms with van der Waals surface area (Å²) in [5.74, 6) is -0.719. The number of nitrogens with zero attached hydrogens (tertiary/aromatic N) is 4. The van der Waals surface area contributed by atoms with Crippen LogP contribution >= 0.6 is 22.7 Å². The monoisotopic (exact) mass is 735 g/mol.